The Kier molecular flexibility index (Phi) is 6.77. The van der Waals surface area contributed by atoms with Gasteiger partial charge in [0, 0.05) is 18.0 Å². The van der Waals surface area contributed by atoms with Gasteiger partial charge in [0.25, 0.3) is 0 Å². The molecule has 0 aliphatic carbocycles. The summed E-state index contributed by atoms with van der Waals surface area (Å²) in [5, 5.41) is 6.06. The zero-order valence-electron chi connectivity index (χ0n) is 20.1. The van der Waals surface area contributed by atoms with Crippen LogP contribution in [-0.2, 0) is 11.3 Å². The Balaban J connectivity index is 1.52. The van der Waals surface area contributed by atoms with Crippen LogP contribution in [0.4, 0.5) is 5.82 Å². The molecule has 0 N–H and O–H groups in total. The highest BCUT2D eigenvalue weighted by atomic mass is 35.5. The number of aromatic nitrogens is 3. The van der Waals surface area contributed by atoms with Gasteiger partial charge in [0.2, 0.25) is 0 Å². The summed E-state index contributed by atoms with van der Waals surface area (Å²) in [5.74, 6) is 1.91. The third-order valence-corrected chi connectivity index (χ3v) is 9.10. The van der Waals surface area contributed by atoms with Crippen LogP contribution in [-0.4, -0.2) is 59.4 Å². The Labute approximate surface area is 215 Å². The van der Waals surface area contributed by atoms with Crippen LogP contribution < -0.4 is 4.90 Å². The monoisotopic (exact) mass is 519 g/mol. The molecule has 2 fully saturated rings. The van der Waals surface area contributed by atoms with Crippen LogP contribution in [0.25, 0.3) is 5.65 Å². The largest absolute Gasteiger partial charge is 0.378 e. The molecule has 0 amide bonds. The van der Waals surface area contributed by atoms with Gasteiger partial charge in [0.1, 0.15) is 5.82 Å². The molecule has 2 aromatic heterocycles. The third kappa shape index (κ3) is 4.65. The van der Waals surface area contributed by atoms with Crippen molar-refractivity contribution in [3.63, 3.8) is 0 Å². The van der Waals surface area contributed by atoms with E-state index in [1.807, 2.05) is 36.8 Å². The smallest absolute Gasteiger partial charge is 0.172 e. The molecule has 4 heterocycles. The molecule has 34 heavy (non-hydrogen) atoms. The first kappa shape index (κ1) is 24.2. The van der Waals surface area contributed by atoms with Crippen LogP contribution in [0.2, 0.25) is 10.0 Å². The van der Waals surface area contributed by atoms with Gasteiger partial charge in [0.15, 0.2) is 11.5 Å². The molecule has 1 aromatic carbocycles. The molecule has 6 nitrogen and oxygen atoms in total. The number of pyridine rings is 1. The highest BCUT2D eigenvalue weighted by molar-refractivity contribution is 7.99. The van der Waals surface area contributed by atoms with E-state index in [2.05, 4.69) is 29.7 Å². The minimum Gasteiger partial charge on any atom is -0.378 e. The van der Waals surface area contributed by atoms with E-state index in [1.54, 1.807) is 11.8 Å². The van der Waals surface area contributed by atoms with Crippen LogP contribution in [0.3, 0.4) is 0 Å². The summed E-state index contributed by atoms with van der Waals surface area (Å²) < 4.78 is 7.96. The summed E-state index contributed by atoms with van der Waals surface area (Å²) in [6, 6.07) is 7.98. The molecule has 1 spiro atoms. The van der Waals surface area contributed by atoms with E-state index in [-0.39, 0.29) is 0 Å². The number of nitrogens with zero attached hydrogens (tertiary/aromatic N) is 5. The molecule has 2 aliphatic rings. The zero-order chi connectivity index (χ0) is 24.0. The topological polar surface area (TPSA) is 45.9 Å². The number of piperidine rings is 1. The fourth-order valence-electron chi connectivity index (χ4n) is 5.14. The van der Waals surface area contributed by atoms with E-state index in [0.717, 1.165) is 65.2 Å². The van der Waals surface area contributed by atoms with Crippen molar-refractivity contribution in [3.05, 3.63) is 45.7 Å². The highest BCUT2D eigenvalue weighted by Crippen LogP contribution is 2.44. The van der Waals surface area contributed by atoms with E-state index >= 15 is 0 Å². The molecule has 0 bridgehead atoms. The highest BCUT2D eigenvalue weighted by Gasteiger charge is 2.41. The number of hydrogen-bond acceptors (Lipinski definition) is 6. The lowest BCUT2D eigenvalue weighted by Crippen LogP contribution is -2.41. The first-order valence-corrected chi connectivity index (χ1v) is 13.3. The normalized spacial score (nSPS) is 20.2. The van der Waals surface area contributed by atoms with Crippen molar-refractivity contribution >= 4 is 46.4 Å². The molecule has 1 atom stereocenters. The summed E-state index contributed by atoms with van der Waals surface area (Å²) in [5.41, 5.74) is 2.36. The average Bonchev–Trinajstić information content (AvgIpc) is 3.36. The molecular formula is C25H31Cl2N5OS. The Morgan fingerprint density at radius 1 is 1.24 bits per heavy atom. The maximum atomic E-state index is 6.52. The van der Waals surface area contributed by atoms with Gasteiger partial charge in [-0.15, -0.1) is 5.10 Å². The maximum absolute atomic E-state index is 6.52. The van der Waals surface area contributed by atoms with E-state index < -0.39 is 0 Å². The second-order valence-electron chi connectivity index (χ2n) is 9.98. The van der Waals surface area contributed by atoms with Gasteiger partial charge >= 0.3 is 0 Å². The molecule has 5 rings (SSSR count). The molecule has 0 saturated carbocycles. The average molecular weight is 521 g/mol. The van der Waals surface area contributed by atoms with Crippen molar-refractivity contribution in [2.24, 2.45) is 5.41 Å². The summed E-state index contributed by atoms with van der Waals surface area (Å²) in [7, 11) is 4.07. The van der Waals surface area contributed by atoms with Gasteiger partial charge in [-0.3, -0.25) is 0 Å². The number of ether oxygens (including phenoxy) is 1. The summed E-state index contributed by atoms with van der Waals surface area (Å²) in [6.45, 7) is 7.91. The number of rotatable bonds is 5. The van der Waals surface area contributed by atoms with Crippen LogP contribution >= 0.6 is 35.0 Å². The molecular weight excluding hydrogens is 489 g/mol. The zero-order valence-corrected chi connectivity index (χ0v) is 22.5. The molecule has 9 heteroatoms. The van der Waals surface area contributed by atoms with Gasteiger partial charge in [-0.2, -0.15) is 4.52 Å². The van der Waals surface area contributed by atoms with Gasteiger partial charge in [0.05, 0.1) is 34.2 Å². The van der Waals surface area contributed by atoms with Crippen molar-refractivity contribution < 1.29 is 4.74 Å². The Hall–Kier alpha value is -1.51. The van der Waals surface area contributed by atoms with Crippen molar-refractivity contribution in [1.29, 1.82) is 0 Å². The van der Waals surface area contributed by atoms with Gasteiger partial charge < -0.3 is 14.5 Å². The fourth-order valence-corrected chi connectivity index (χ4v) is 6.62. The van der Waals surface area contributed by atoms with E-state index in [4.69, 9.17) is 38.0 Å². The van der Waals surface area contributed by atoms with E-state index in [9.17, 15) is 0 Å². The molecule has 0 radical (unpaired) electrons. The number of fused-ring (bicyclic) bond motifs is 1. The predicted octanol–water partition coefficient (Wildman–Crippen LogP) is 5.95. The SMILES string of the molecule is Cc1cc(N2CCC3(CC2)CO[C@@H](C)C3)n2nc(CN(C)C)nc2c1Sc1cccc(Cl)c1Cl. The third-order valence-electron chi connectivity index (χ3n) is 6.90. The molecule has 182 valence electrons. The maximum Gasteiger partial charge on any atom is 0.172 e. The van der Waals surface area contributed by atoms with Crippen LogP contribution in [0.15, 0.2) is 34.1 Å². The predicted molar refractivity (Wildman–Crippen MR) is 140 cm³/mol. The molecule has 0 unspecified atom stereocenters. The van der Waals surface area contributed by atoms with Crippen molar-refractivity contribution in [2.75, 3.05) is 38.7 Å². The Morgan fingerprint density at radius 3 is 2.68 bits per heavy atom. The standard InChI is InChI=1S/C25H31Cl2N5OS/c1-16-12-21(31-10-8-25(9-11-31)13-17(2)33-15-25)32-24(28-20(29-32)14-30(3)4)23(16)34-19-7-5-6-18(26)22(19)27/h5-7,12,17H,8-11,13-15H2,1-4H3/t17-/m0/s1. The number of anilines is 1. The fraction of sp³-hybridized carbons (Fsp3) is 0.520. The minimum absolute atomic E-state index is 0.335. The van der Waals surface area contributed by atoms with Crippen LogP contribution in [0.5, 0.6) is 0 Å². The Morgan fingerprint density at radius 2 is 2.00 bits per heavy atom. The quantitative estimate of drug-likeness (QED) is 0.414. The number of aryl methyl sites for hydroxylation is 1. The molecule has 2 aliphatic heterocycles. The van der Waals surface area contributed by atoms with Gasteiger partial charge in [-0.05, 0) is 76.4 Å². The lowest BCUT2D eigenvalue weighted by Gasteiger charge is -2.39. The lowest BCUT2D eigenvalue weighted by molar-refractivity contribution is 0.0975. The van der Waals surface area contributed by atoms with Crippen molar-refractivity contribution in [2.45, 2.75) is 55.5 Å². The number of benzene rings is 1. The van der Waals surface area contributed by atoms with Crippen molar-refractivity contribution in [3.8, 4) is 0 Å². The van der Waals surface area contributed by atoms with Crippen LogP contribution in [0.1, 0.15) is 37.6 Å². The van der Waals surface area contributed by atoms with Crippen LogP contribution in [0, 0.1) is 12.3 Å². The summed E-state index contributed by atoms with van der Waals surface area (Å²) >= 11 is 14.4. The first-order chi connectivity index (χ1) is 16.2. The summed E-state index contributed by atoms with van der Waals surface area (Å²) in [4.78, 5) is 11.5. The lowest BCUT2D eigenvalue weighted by atomic mass is 9.77. The Bertz CT molecular complexity index is 1210. The summed E-state index contributed by atoms with van der Waals surface area (Å²) in [6.07, 6.45) is 3.83. The van der Waals surface area contributed by atoms with Crippen molar-refractivity contribution in [1.82, 2.24) is 19.5 Å². The van der Waals surface area contributed by atoms with E-state index in [0.29, 0.717) is 28.1 Å². The van der Waals surface area contributed by atoms with Gasteiger partial charge in [-0.25, -0.2) is 4.98 Å². The first-order valence-electron chi connectivity index (χ1n) is 11.8. The second kappa shape index (κ2) is 9.51. The minimum atomic E-state index is 0.335. The second-order valence-corrected chi connectivity index (χ2v) is 11.8. The number of hydrogen-bond donors (Lipinski definition) is 0. The molecule has 3 aromatic rings. The number of halogens is 2. The van der Waals surface area contributed by atoms with Gasteiger partial charge in [-0.1, -0.05) is 41.0 Å². The molecule has 2 saturated heterocycles. The van der Waals surface area contributed by atoms with E-state index in [1.165, 1.54) is 6.42 Å².